The van der Waals surface area contributed by atoms with Crippen LogP contribution in [0.25, 0.3) is 0 Å². The number of phenols is 1. The van der Waals surface area contributed by atoms with Crippen LogP contribution < -0.4 is 5.32 Å². The molecule has 0 radical (unpaired) electrons. The minimum atomic E-state index is -0.751. The van der Waals surface area contributed by atoms with Crippen LogP contribution in [-0.4, -0.2) is 11.0 Å². The summed E-state index contributed by atoms with van der Waals surface area (Å²) in [4.78, 5) is 11.7. The molecule has 0 unspecified atom stereocenters. The number of carbonyl (C=O) groups excluding carboxylic acids is 1. The lowest BCUT2D eigenvalue weighted by molar-refractivity contribution is 0.102. The van der Waals surface area contributed by atoms with E-state index in [1.54, 1.807) is 30.3 Å². The number of phenolic OH excluding ortho intramolecular Hbond substituents is 1. The van der Waals surface area contributed by atoms with Crippen LogP contribution in [0.4, 0.5) is 10.1 Å². The molecule has 0 bridgehead atoms. The van der Waals surface area contributed by atoms with Gasteiger partial charge in [0.1, 0.15) is 17.1 Å². The van der Waals surface area contributed by atoms with E-state index in [2.05, 4.69) is 5.32 Å². The summed E-state index contributed by atoms with van der Waals surface area (Å²) in [6.45, 7) is 0. The number of para-hydroxylation sites is 1. The van der Waals surface area contributed by atoms with Crippen molar-refractivity contribution >= 4 is 11.6 Å². The van der Waals surface area contributed by atoms with E-state index in [9.17, 15) is 14.3 Å². The molecule has 0 saturated heterocycles. The Balaban J connectivity index is 2.27. The van der Waals surface area contributed by atoms with Crippen LogP contribution in [-0.2, 0) is 0 Å². The molecule has 2 aromatic rings. The summed E-state index contributed by atoms with van der Waals surface area (Å²) in [6.07, 6.45) is 0. The summed E-state index contributed by atoms with van der Waals surface area (Å²) in [6, 6.07) is 12.4. The van der Waals surface area contributed by atoms with E-state index >= 15 is 0 Å². The van der Waals surface area contributed by atoms with Gasteiger partial charge in [-0.3, -0.25) is 4.79 Å². The zero-order valence-corrected chi connectivity index (χ0v) is 8.85. The molecule has 3 nitrogen and oxygen atoms in total. The number of hydrogen-bond acceptors (Lipinski definition) is 2. The van der Waals surface area contributed by atoms with Gasteiger partial charge in [0.05, 0.1) is 0 Å². The van der Waals surface area contributed by atoms with Crippen LogP contribution >= 0.6 is 0 Å². The third-order valence-corrected chi connectivity index (χ3v) is 2.25. The molecule has 2 N–H and O–H groups in total. The number of nitrogens with one attached hydrogen (secondary N) is 1. The molecule has 1 amide bonds. The third-order valence-electron chi connectivity index (χ3n) is 2.25. The average molecular weight is 231 g/mol. The first kappa shape index (κ1) is 11.1. The molecule has 0 aliphatic carbocycles. The van der Waals surface area contributed by atoms with E-state index in [0.717, 1.165) is 6.07 Å². The molecule has 2 aromatic carbocycles. The van der Waals surface area contributed by atoms with E-state index in [1.807, 2.05) is 0 Å². The first-order valence-corrected chi connectivity index (χ1v) is 5.02. The Kier molecular flexibility index (Phi) is 3.05. The van der Waals surface area contributed by atoms with Crippen molar-refractivity contribution in [3.8, 4) is 5.75 Å². The summed E-state index contributed by atoms with van der Waals surface area (Å²) >= 11 is 0. The monoisotopic (exact) mass is 231 g/mol. The predicted molar refractivity (Wildman–Crippen MR) is 62.5 cm³/mol. The Morgan fingerprint density at radius 2 is 1.76 bits per heavy atom. The topological polar surface area (TPSA) is 49.3 Å². The van der Waals surface area contributed by atoms with Gasteiger partial charge in [0, 0.05) is 5.69 Å². The van der Waals surface area contributed by atoms with Crippen LogP contribution in [0, 0.1) is 5.82 Å². The number of aromatic hydroxyl groups is 1. The largest absolute Gasteiger partial charge is 0.507 e. The summed E-state index contributed by atoms with van der Waals surface area (Å²) in [5.41, 5.74) is 0.191. The molecule has 0 aliphatic rings. The lowest BCUT2D eigenvalue weighted by atomic mass is 10.1. The van der Waals surface area contributed by atoms with Gasteiger partial charge in [-0.15, -0.1) is 0 Å². The number of anilines is 1. The van der Waals surface area contributed by atoms with E-state index < -0.39 is 11.7 Å². The van der Waals surface area contributed by atoms with Gasteiger partial charge in [-0.2, -0.15) is 0 Å². The van der Waals surface area contributed by atoms with Crippen molar-refractivity contribution in [3.63, 3.8) is 0 Å². The van der Waals surface area contributed by atoms with Crippen LogP contribution in [0.2, 0.25) is 0 Å². The van der Waals surface area contributed by atoms with Gasteiger partial charge in [-0.05, 0) is 24.3 Å². The fraction of sp³-hybridized carbons (Fsp3) is 0. The van der Waals surface area contributed by atoms with Crippen molar-refractivity contribution in [2.45, 2.75) is 0 Å². The highest BCUT2D eigenvalue weighted by Crippen LogP contribution is 2.21. The van der Waals surface area contributed by atoms with Crippen molar-refractivity contribution in [3.05, 3.63) is 59.9 Å². The highest BCUT2D eigenvalue weighted by Gasteiger charge is 2.16. The molecule has 0 aliphatic heterocycles. The predicted octanol–water partition coefficient (Wildman–Crippen LogP) is 2.78. The Morgan fingerprint density at radius 1 is 1.06 bits per heavy atom. The Hall–Kier alpha value is -2.36. The normalized spacial score (nSPS) is 9.94. The second-order valence-corrected chi connectivity index (χ2v) is 3.45. The summed E-state index contributed by atoms with van der Waals surface area (Å²) in [7, 11) is 0. The molecule has 17 heavy (non-hydrogen) atoms. The molecule has 0 aromatic heterocycles. The highest BCUT2D eigenvalue weighted by atomic mass is 19.1. The zero-order chi connectivity index (χ0) is 12.3. The van der Waals surface area contributed by atoms with E-state index in [-0.39, 0.29) is 11.3 Å². The molecular formula is C13H10FNO2. The van der Waals surface area contributed by atoms with Gasteiger partial charge in [-0.1, -0.05) is 24.3 Å². The maximum absolute atomic E-state index is 13.4. The molecule has 0 atom stereocenters. The number of hydrogen-bond donors (Lipinski definition) is 2. The second-order valence-electron chi connectivity index (χ2n) is 3.45. The first-order chi connectivity index (χ1) is 8.18. The van der Waals surface area contributed by atoms with Crippen molar-refractivity contribution in [1.29, 1.82) is 0 Å². The summed E-state index contributed by atoms with van der Waals surface area (Å²) < 4.78 is 13.4. The molecule has 0 saturated carbocycles. The van der Waals surface area contributed by atoms with Crippen molar-refractivity contribution in [2.75, 3.05) is 5.32 Å². The zero-order valence-electron chi connectivity index (χ0n) is 8.85. The number of amides is 1. The smallest absolute Gasteiger partial charge is 0.262 e. The molecule has 0 spiro atoms. The van der Waals surface area contributed by atoms with Crippen molar-refractivity contribution in [2.24, 2.45) is 0 Å². The quantitative estimate of drug-likeness (QED) is 0.834. The molecule has 86 valence electrons. The molecule has 4 heteroatoms. The fourth-order valence-electron chi connectivity index (χ4n) is 1.45. The summed E-state index contributed by atoms with van der Waals surface area (Å²) in [5, 5.41) is 11.9. The van der Waals surface area contributed by atoms with E-state index in [4.69, 9.17) is 0 Å². The van der Waals surface area contributed by atoms with Crippen molar-refractivity contribution < 1.29 is 14.3 Å². The number of rotatable bonds is 2. The molecule has 0 heterocycles. The molecule has 2 rings (SSSR count). The highest BCUT2D eigenvalue weighted by molar-refractivity contribution is 6.06. The van der Waals surface area contributed by atoms with Gasteiger partial charge in [0.15, 0.2) is 0 Å². The minimum absolute atomic E-state index is 0.351. The van der Waals surface area contributed by atoms with Gasteiger partial charge < -0.3 is 10.4 Å². The maximum atomic E-state index is 13.4. The lowest BCUT2D eigenvalue weighted by Crippen LogP contribution is -2.13. The van der Waals surface area contributed by atoms with E-state index in [1.165, 1.54) is 12.1 Å². The average Bonchev–Trinajstić information content (AvgIpc) is 2.30. The van der Waals surface area contributed by atoms with Crippen LogP contribution in [0.1, 0.15) is 10.4 Å². The second kappa shape index (κ2) is 4.65. The van der Waals surface area contributed by atoms with Gasteiger partial charge in [0.25, 0.3) is 5.91 Å². The Bertz CT molecular complexity index is 520. The summed E-state index contributed by atoms with van der Waals surface area (Å²) in [5.74, 6) is -1.80. The van der Waals surface area contributed by atoms with Gasteiger partial charge >= 0.3 is 0 Å². The standard InChI is InChI=1S/C13H10FNO2/c14-10-7-4-8-11(16)12(10)13(17)15-9-5-2-1-3-6-9/h1-8,16H,(H,15,17). The molecular weight excluding hydrogens is 221 g/mol. The first-order valence-electron chi connectivity index (χ1n) is 5.02. The Morgan fingerprint density at radius 3 is 2.41 bits per heavy atom. The Labute approximate surface area is 97.5 Å². The minimum Gasteiger partial charge on any atom is -0.507 e. The van der Waals surface area contributed by atoms with Crippen LogP contribution in [0.3, 0.4) is 0 Å². The van der Waals surface area contributed by atoms with E-state index in [0.29, 0.717) is 5.69 Å². The number of benzene rings is 2. The number of carbonyl (C=O) groups is 1. The number of halogens is 1. The van der Waals surface area contributed by atoms with Gasteiger partial charge in [0.2, 0.25) is 0 Å². The van der Waals surface area contributed by atoms with Crippen LogP contribution in [0.5, 0.6) is 5.75 Å². The SMILES string of the molecule is O=C(Nc1ccccc1)c1c(O)cccc1F. The van der Waals surface area contributed by atoms with Gasteiger partial charge in [-0.25, -0.2) is 4.39 Å². The third kappa shape index (κ3) is 2.42. The maximum Gasteiger partial charge on any atom is 0.262 e. The van der Waals surface area contributed by atoms with Crippen molar-refractivity contribution in [1.82, 2.24) is 0 Å². The molecule has 0 fully saturated rings. The fourth-order valence-corrected chi connectivity index (χ4v) is 1.45. The van der Waals surface area contributed by atoms with Crippen LogP contribution in [0.15, 0.2) is 48.5 Å². The lowest BCUT2D eigenvalue weighted by Gasteiger charge is -2.07.